The van der Waals surface area contributed by atoms with Crippen molar-refractivity contribution in [3.05, 3.63) is 88.2 Å². The zero-order valence-corrected chi connectivity index (χ0v) is 19.4. The lowest BCUT2D eigenvalue weighted by molar-refractivity contribution is 0.354. The fraction of sp³-hybridized carbons (Fsp3) is 0.154. The van der Waals surface area contributed by atoms with Crippen LogP contribution in [0.3, 0.4) is 0 Å². The number of nitrogens with zero attached hydrogens (tertiary/aromatic N) is 2. The van der Waals surface area contributed by atoms with Gasteiger partial charge in [-0.1, -0.05) is 59.8 Å². The first-order valence-corrected chi connectivity index (χ1v) is 11.5. The summed E-state index contributed by atoms with van der Waals surface area (Å²) in [6, 6.07) is 21.6. The second kappa shape index (κ2) is 8.67. The molecule has 0 fully saturated rings. The van der Waals surface area contributed by atoms with Crippen LogP contribution in [0.15, 0.2) is 76.7 Å². The van der Waals surface area contributed by atoms with Crippen LogP contribution in [-0.2, 0) is 5.75 Å². The number of thioether (sulfide) groups is 1. The van der Waals surface area contributed by atoms with Crippen LogP contribution >= 0.6 is 11.8 Å². The van der Waals surface area contributed by atoms with Crippen LogP contribution < -0.4 is 15.0 Å². The fourth-order valence-corrected chi connectivity index (χ4v) is 4.93. The van der Waals surface area contributed by atoms with Crippen LogP contribution in [0.4, 0.5) is 0 Å². The second-order valence-corrected chi connectivity index (χ2v) is 8.69. The van der Waals surface area contributed by atoms with Gasteiger partial charge in [-0.05, 0) is 30.7 Å². The predicted molar refractivity (Wildman–Crippen MR) is 133 cm³/mol. The van der Waals surface area contributed by atoms with E-state index in [1.165, 1.54) is 22.9 Å². The Kier molecular flexibility index (Phi) is 5.56. The molecule has 2 aromatic heterocycles. The van der Waals surface area contributed by atoms with Crippen molar-refractivity contribution in [3.8, 4) is 17.2 Å². The van der Waals surface area contributed by atoms with Crippen molar-refractivity contribution in [1.82, 2.24) is 14.5 Å². The van der Waals surface area contributed by atoms with Crippen LogP contribution in [-0.4, -0.2) is 28.8 Å². The minimum Gasteiger partial charge on any atom is -0.493 e. The van der Waals surface area contributed by atoms with Gasteiger partial charge in [0.2, 0.25) is 0 Å². The van der Waals surface area contributed by atoms with E-state index < -0.39 is 0 Å². The highest BCUT2D eigenvalue weighted by Crippen LogP contribution is 2.32. The first-order chi connectivity index (χ1) is 16.1. The van der Waals surface area contributed by atoms with Gasteiger partial charge in [0.15, 0.2) is 16.7 Å². The monoisotopic (exact) mass is 457 g/mol. The average Bonchev–Trinajstić information content (AvgIpc) is 3.21. The van der Waals surface area contributed by atoms with Crippen LogP contribution in [0.2, 0.25) is 0 Å². The molecule has 0 atom stereocenters. The maximum Gasteiger partial charge on any atom is 0.283 e. The smallest absolute Gasteiger partial charge is 0.283 e. The minimum atomic E-state index is -0.157. The van der Waals surface area contributed by atoms with E-state index in [2.05, 4.69) is 30.1 Å². The van der Waals surface area contributed by atoms with Gasteiger partial charge in [-0.2, -0.15) is 0 Å². The summed E-state index contributed by atoms with van der Waals surface area (Å²) >= 11 is 1.53. The number of aryl methyl sites for hydroxylation is 1. The van der Waals surface area contributed by atoms with Crippen molar-refractivity contribution in [1.29, 1.82) is 0 Å². The molecule has 5 aromatic rings. The highest BCUT2D eigenvalue weighted by Gasteiger charge is 2.18. The number of fused-ring (bicyclic) bond motifs is 3. The lowest BCUT2D eigenvalue weighted by Crippen LogP contribution is -2.22. The van der Waals surface area contributed by atoms with Crippen LogP contribution in [0.5, 0.6) is 11.5 Å². The molecule has 166 valence electrons. The van der Waals surface area contributed by atoms with Gasteiger partial charge in [0, 0.05) is 22.7 Å². The molecule has 0 saturated heterocycles. The zero-order chi connectivity index (χ0) is 22.9. The van der Waals surface area contributed by atoms with Crippen molar-refractivity contribution in [2.45, 2.75) is 17.8 Å². The number of hydrogen-bond acceptors (Lipinski definition) is 5. The van der Waals surface area contributed by atoms with E-state index in [1.54, 1.807) is 30.9 Å². The van der Waals surface area contributed by atoms with Crippen molar-refractivity contribution in [2.24, 2.45) is 0 Å². The lowest BCUT2D eigenvalue weighted by atomic mass is 10.2. The van der Waals surface area contributed by atoms with Gasteiger partial charge in [-0.25, -0.2) is 4.98 Å². The Morgan fingerprint density at radius 1 is 0.970 bits per heavy atom. The Bertz CT molecular complexity index is 1540. The first kappa shape index (κ1) is 21.2. The number of H-pyrrole nitrogens is 1. The van der Waals surface area contributed by atoms with E-state index in [0.717, 1.165) is 10.9 Å². The Hall–Kier alpha value is -3.71. The summed E-state index contributed by atoms with van der Waals surface area (Å²) in [6.45, 7) is 2.07. The molecule has 33 heavy (non-hydrogen) atoms. The van der Waals surface area contributed by atoms with E-state index in [4.69, 9.17) is 14.5 Å². The van der Waals surface area contributed by atoms with Gasteiger partial charge in [0.25, 0.3) is 5.56 Å². The minimum absolute atomic E-state index is 0.157. The average molecular weight is 458 g/mol. The van der Waals surface area contributed by atoms with Crippen LogP contribution in [0.25, 0.3) is 27.6 Å². The van der Waals surface area contributed by atoms with E-state index in [9.17, 15) is 4.79 Å². The van der Waals surface area contributed by atoms with Crippen molar-refractivity contribution in [3.63, 3.8) is 0 Å². The molecule has 0 aliphatic rings. The van der Waals surface area contributed by atoms with Crippen LogP contribution in [0.1, 0.15) is 11.1 Å². The molecule has 0 aliphatic carbocycles. The third-order valence-electron chi connectivity index (χ3n) is 5.57. The molecule has 5 rings (SSSR count). The highest BCUT2D eigenvalue weighted by atomic mass is 32.2. The molecule has 0 aliphatic heterocycles. The highest BCUT2D eigenvalue weighted by molar-refractivity contribution is 7.98. The van der Waals surface area contributed by atoms with E-state index in [-0.39, 0.29) is 5.56 Å². The Morgan fingerprint density at radius 2 is 1.79 bits per heavy atom. The number of methoxy groups -OCH3 is 2. The van der Waals surface area contributed by atoms with E-state index >= 15 is 0 Å². The Labute approximate surface area is 195 Å². The zero-order valence-electron chi connectivity index (χ0n) is 18.6. The third-order valence-corrected chi connectivity index (χ3v) is 6.58. The van der Waals surface area contributed by atoms with Gasteiger partial charge in [0.05, 0.1) is 19.9 Å². The maximum absolute atomic E-state index is 13.7. The van der Waals surface area contributed by atoms with Gasteiger partial charge in [-0.15, -0.1) is 0 Å². The molecule has 3 aromatic carbocycles. The van der Waals surface area contributed by atoms with Gasteiger partial charge in [-0.3, -0.25) is 9.36 Å². The molecule has 7 heteroatoms. The first-order valence-electron chi connectivity index (χ1n) is 10.5. The molecule has 1 N–H and O–H groups in total. The second-order valence-electron chi connectivity index (χ2n) is 7.75. The summed E-state index contributed by atoms with van der Waals surface area (Å²) in [7, 11) is 3.17. The van der Waals surface area contributed by atoms with Crippen molar-refractivity contribution < 1.29 is 9.47 Å². The van der Waals surface area contributed by atoms with Gasteiger partial charge >= 0.3 is 0 Å². The standard InChI is InChI=1S/C26H23N3O3S/c1-16-7-6-8-17(13-16)15-33-26-28-23-19-9-4-5-10-20(19)27-24(23)25(30)29(26)18-11-12-21(31-2)22(14-18)32-3/h4-14,27H,15H2,1-3H3. The molecule has 0 bridgehead atoms. The predicted octanol–water partition coefficient (Wildman–Crippen LogP) is 5.48. The summed E-state index contributed by atoms with van der Waals surface area (Å²) in [4.78, 5) is 22.0. The number of ether oxygens (including phenoxy) is 2. The molecule has 2 heterocycles. The number of benzene rings is 3. The fourth-order valence-electron chi connectivity index (χ4n) is 3.98. The molecule has 6 nitrogen and oxygen atoms in total. The SMILES string of the molecule is COc1ccc(-n2c(SCc3cccc(C)c3)nc3c([nH]c4ccccc43)c2=O)cc1OC. The van der Waals surface area contributed by atoms with E-state index in [0.29, 0.717) is 39.1 Å². The van der Waals surface area contributed by atoms with Crippen LogP contribution in [0, 0.1) is 6.92 Å². The number of nitrogens with one attached hydrogen (secondary N) is 1. The molecule has 0 amide bonds. The van der Waals surface area contributed by atoms with Gasteiger partial charge < -0.3 is 14.5 Å². The summed E-state index contributed by atoms with van der Waals surface area (Å²) in [5.41, 5.74) is 4.92. The number of hydrogen-bond donors (Lipinski definition) is 1. The van der Waals surface area contributed by atoms with Crippen molar-refractivity contribution in [2.75, 3.05) is 14.2 Å². The molecular weight excluding hydrogens is 434 g/mol. The number of aromatic amines is 1. The summed E-state index contributed by atoms with van der Waals surface area (Å²) < 4.78 is 12.5. The maximum atomic E-state index is 13.7. The Balaban J connectivity index is 1.71. The summed E-state index contributed by atoms with van der Waals surface area (Å²) in [5, 5.41) is 1.55. The van der Waals surface area contributed by atoms with E-state index in [1.807, 2.05) is 36.4 Å². The molecular formula is C26H23N3O3S. The molecule has 0 radical (unpaired) electrons. The molecule has 0 spiro atoms. The summed E-state index contributed by atoms with van der Waals surface area (Å²) in [6.07, 6.45) is 0. The summed E-state index contributed by atoms with van der Waals surface area (Å²) in [5.74, 6) is 1.84. The van der Waals surface area contributed by atoms with Crippen molar-refractivity contribution >= 4 is 33.7 Å². The van der Waals surface area contributed by atoms with Gasteiger partial charge in [0.1, 0.15) is 11.0 Å². The molecule has 0 saturated carbocycles. The lowest BCUT2D eigenvalue weighted by Gasteiger charge is -2.14. The Morgan fingerprint density at radius 3 is 2.58 bits per heavy atom. The quantitative estimate of drug-likeness (QED) is 0.270. The molecule has 0 unspecified atom stereocenters. The number of para-hydroxylation sites is 1. The normalized spacial score (nSPS) is 11.2. The topological polar surface area (TPSA) is 69.1 Å². The number of aromatic nitrogens is 3. The third kappa shape index (κ3) is 3.85. The largest absolute Gasteiger partial charge is 0.493 e. The number of rotatable bonds is 6.